The molecule has 1 heterocycles. The first kappa shape index (κ1) is 23.4. The first-order valence-electron chi connectivity index (χ1n) is 7.68. The number of hydrogen-bond donors (Lipinski definition) is 1. The highest BCUT2D eigenvalue weighted by Gasteiger charge is 2.74. The van der Waals surface area contributed by atoms with Crippen LogP contribution in [0.3, 0.4) is 0 Å². The zero-order valence-electron chi connectivity index (χ0n) is 14.4. The van der Waals surface area contributed by atoms with Gasteiger partial charge in [0.25, 0.3) is 0 Å². The minimum absolute atomic E-state index is 0.130. The summed E-state index contributed by atoms with van der Waals surface area (Å²) in [4.78, 5) is 11.8. The van der Waals surface area contributed by atoms with Gasteiger partial charge >= 0.3 is 30.2 Å². The van der Waals surface area contributed by atoms with Crippen LogP contribution in [0.15, 0.2) is 18.2 Å². The Morgan fingerprint density at radius 2 is 1.57 bits per heavy atom. The summed E-state index contributed by atoms with van der Waals surface area (Å²) in [5.74, 6) is -14.4. The standard InChI is InChI=1S/C15H9F10N3O2/c1-2-30-11(29)10-9(26-28-27-10)6-3-4-7(13(18,19)20)8(5-6)12(16,17)14(21,22)15(23,24)25/h3-5H,2H2,1H3,(H,26,27,28). The molecule has 0 atom stereocenters. The lowest BCUT2D eigenvalue weighted by Gasteiger charge is -2.30. The minimum atomic E-state index is -6.86. The molecule has 15 heteroatoms. The molecule has 0 radical (unpaired) electrons. The van der Waals surface area contributed by atoms with Gasteiger partial charge in [-0.25, -0.2) is 4.79 Å². The second-order valence-electron chi connectivity index (χ2n) is 5.65. The van der Waals surface area contributed by atoms with E-state index in [-0.39, 0.29) is 18.7 Å². The van der Waals surface area contributed by atoms with Gasteiger partial charge in [-0.2, -0.15) is 54.2 Å². The first-order chi connectivity index (χ1) is 13.6. The predicted molar refractivity (Wildman–Crippen MR) is 77.7 cm³/mol. The minimum Gasteiger partial charge on any atom is -0.461 e. The number of halogens is 10. The third-order valence-corrected chi connectivity index (χ3v) is 3.70. The Bertz CT molecular complexity index is 933. The summed E-state index contributed by atoms with van der Waals surface area (Å²) in [5, 5.41) is 8.51. The summed E-state index contributed by atoms with van der Waals surface area (Å²) in [6, 6.07) is 0.0619. The number of ether oxygens (including phenoxy) is 1. The molecule has 2 aromatic rings. The Balaban J connectivity index is 2.76. The molecule has 2 rings (SSSR count). The van der Waals surface area contributed by atoms with E-state index >= 15 is 0 Å². The molecule has 166 valence electrons. The van der Waals surface area contributed by atoms with Gasteiger partial charge in [-0.3, -0.25) is 0 Å². The lowest BCUT2D eigenvalue weighted by molar-refractivity contribution is -0.360. The van der Waals surface area contributed by atoms with E-state index in [2.05, 4.69) is 14.9 Å². The van der Waals surface area contributed by atoms with E-state index in [1.54, 1.807) is 0 Å². The number of carbonyl (C=O) groups excluding carboxylic acids is 1. The van der Waals surface area contributed by atoms with Crippen LogP contribution in [0.1, 0.15) is 28.5 Å². The number of esters is 1. The van der Waals surface area contributed by atoms with E-state index in [0.29, 0.717) is 6.07 Å². The van der Waals surface area contributed by atoms with Crippen molar-refractivity contribution >= 4 is 5.97 Å². The molecule has 1 N–H and O–H groups in total. The molecule has 5 nitrogen and oxygen atoms in total. The van der Waals surface area contributed by atoms with Crippen LogP contribution in [0, 0.1) is 0 Å². The van der Waals surface area contributed by atoms with Crippen molar-refractivity contribution in [3.63, 3.8) is 0 Å². The van der Waals surface area contributed by atoms with Crippen LogP contribution in [0.25, 0.3) is 11.3 Å². The van der Waals surface area contributed by atoms with Crippen LogP contribution < -0.4 is 0 Å². The van der Waals surface area contributed by atoms with Crippen molar-refractivity contribution in [1.29, 1.82) is 0 Å². The third-order valence-electron chi connectivity index (χ3n) is 3.70. The van der Waals surface area contributed by atoms with E-state index in [9.17, 15) is 48.7 Å². The molecule has 0 aliphatic carbocycles. The molecule has 0 aliphatic heterocycles. The van der Waals surface area contributed by atoms with Crippen LogP contribution in [0.2, 0.25) is 0 Å². The Labute approximate surface area is 160 Å². The largest absolute Gasteiger partial charge is 0.461 e. The van der Waals surface area contributed by atoms with Gasteiger partial charge in [-0.05, 0) is 19.1 Å². The van der Waals surface area contributed by atoms with Crippen molar-refractivity contribution in [3.05, 3.63) is 35.0 Å². The van der Waals surface area contributed by atoms with Crippen LogP contribution in [-0.2, 0) is 16.8 Å². The molecule has 0 saturated heterocycles. The van der Waals surface area contributed by atoms with E-state index < -0.39 is 58.2 Å². The summed E-state index contributed by atoms with van der Waals surface area (Å²) in [6.45, 7) is 1.17. The number of aromatic nitrogens is 3. The summed E-state index contributed by atoms with van der Waals surface area (Å²) in [5.41, 5.74) is -7.32. The molecular weight excluding hydrogens is 444 g/mol. The average Bonchev–Trinajstić information content (AvgIpc) is 3.09. The van der Waals surface area contributed by atoms with Crippen molar-refractivity contribution in [2.24, 2.45) is 0 Å². The molecule has 30 heavy (non-hydrogen) atoms. The van der Waals surface area contributed by atoms with Crippen molar-refractivity contribution < 1.29 is 53.4 Å². The maximum absolute atomic E-state index is 14.1. The van der Waals surface area contributed by atoms with Gasteiger partial charge in [0, 0.05) is 11.1 Å². The fraction of sp³-hybridized carbons (Fsp3) is 0.400. The summed E-state index contributed by atoms with van der Waals surface area (Å²) >= 11 is 0. The predicted octanol–water partition coefficient (Wildman–Crippen LogP) is 4.96. The van der Waals surface area contributed by atoms with E-state index in [4.69, 9.17) is 0 Å². The number of hydrogen-bond acceptors (Lipinski definition) is 4. The molecule has 0 fully saturated rings. The Morgan fingerprint density at radius 3 is 2.07 bits per heavy atom. The Morgan fingerprint density at radius 1 is 0.967 bits per heavy atom. The van der Waals surface area contributed by atoms with Crippen molar-refractivity contribution in [1.82, 2.24) is 15.4 Å². The highest BCUT2D eigenvalue weighted by atomic mass is 19.4. The van der Waals surface area contributed by atoms with Crippen LogP contribution in [0.5, 0.6) is 0 Å². The molecule has 0 unspecified atom stereocenters. The van der Waals surface area contributed by atoms with Gasteiger partial charge in [-0.15, -0.1) is 5.10 Å². The number of nitrogens with one attached hydrogen (secondary N) is 1. The van der Waals surface area contributed by atoms with Crippen LogP contribution in [0.4, 0.5) is 43.9 Å². The van der Waals surface area contributed by atoms with E-state index in [1.165, 1.54) is 6.92 Å². The maximum atomic E-state index is 14.1. The maximum Gasteiger partial charge on any atom is 0.460 e. The number of H-pyrrole nitrogens is 1. The van der Waals surface area contributed by atoms with Crippen molar-refractivity contribution in [2.75, 3.05) is 6.61 Å². The lowest BCUT2D eigenvalue weighted by atomic mass is 9.93. The SMILES string of the molecule is CCOC(=O)c1n[nH]nc1-c1ccc(C(F)(F)F)c(C(F)(F)C(F)(F)C(F)(F)F)c1. The van der Waals surface area contributed by atoms with Gasteiger partial charge in [0.2, 0.25) is 0 Å². The third kappa shape index (κ3) is 3.92. The monoisotopic (exact) mass is 453 g/mol. The van der Waals surface area contributed by atoms with Crippen LogP contribution >= 0.6 is 0 Å². The molecule has 0 amide bonds. The molecule has 1 aromatic carbocycles. The highest BCUT2D eigenvalue weighted by molar-refractivity contribution is 5.94. The number of alkyl halides is 10. The number of rotatable bonds is 5. The number of aromatic amines is 1. The number of benzene rings is 1. The molecule has 0 bridgehead atoms. The van der Waals surface area contributed by atoms with Crippen molar-refractivity contribution in [3.8, 4) is 11.3 Å². The van der Waals surface area contributed by atoms with E-state index in [1.807, 2.05) is 5.21 Å². The fourth-order valence-electron chi connectivity index (χ4n) is 2.32. The number of carbonyl (C=O) groups is 1. The van der Waals surface area contributed by atoms with Gasteiger partial charge in [0.15, 0.2) is 5.69 Å². The second kappa shape index (κ2) is 7.43. The fourth-order valence-corrected chi connectivity index (χ4v) is 2.32. The number of nitrogens with zero attached hydrogens (tertiary/aromatic N) is 2. The zero-order chi connectivity index (χ0) is 23.1. The van der Waals surface area contributed by atoms with Gasteiger partial charge in [0.1, 0.15) is 5.69 Å². The van der Waals surface area contributed by atoms with Gasteiger partial charge in [0.05, 0.1) is 12.2 Å². The van der Waals surface area contributed by atoms with Crippen LogP contribution in [-0.4, -0.2) is 40.1 Å². The molecular formula is C15H9F10N3O2. The Kier molecular flexibility index (Phi) is 5.80. The first-order valence-corrected chi connectivity index (χ1v) is 7.68. The van der Waals surface area contributed by atoms with Crippen molar-refractivity contribution in [2.45, 2.75) is 31.1 Å². The normalized spacial score (nSPS) is 13.4. The van der Waals surface area contributed by atoms with Gasteiger partial charge < -0.3 is 4.74 Å². The topological polar surface area (TPSA) is 67.9 Å². The highest BCUT2D eigenvalue weighted by Crippen LogP contribution is 2.54. The quantitative estimate of drug-likeness (QED) is 0.514. The lowest BCUT2D eigenvalue weighted by Crippen LogP contribution is -2.50. The molecule has 0 aliphatic rings. The van der Waals surface area contributed by atoms with Gasteiger partial charge in [-0.1, -0.05) is 6.07 Å². The summed E-state index contributed by atoms with van der Waals surface area (Å²) < 4.78 is 136. The molecule has 1 aromatic heterocycles. The zero-order valence-corrected chi connectivity index (χ0v) is 14.4. The smallest absolute Gasteiger partial charge is 0.460 e. The molecule has 0 spiro atoms. The average molecular weight is 453 g/mol. The second-order valence-corrected chi connectivity index (χ2v) is 5.65. The Hall–Kier alpha value is -2.87. The van der Waals surface area contributed by atoms with E-state index in [0.717, 1.165) is 0 Å². The summed E-state index contributed by atoms with van der Waals surface area (Å²) in [6.07, 6.45) is -12.6. The summed E-state index contributed by atoms with van der Waals surface area (Å²) in [7, 11) is 0. The molecule has 0 saturated carbocycles.